The van der Waals surface area contributed by atoms with Gasteiger partial charge in [-0.3, -0.25) is 4.79 Å². The van der Waals surface area contributed by atoms with Crippen LogP contribution < -0.4 is 0 Å². The molecule has 0 saturated carbocycles. The summed E-state index contributed by atoms with van der Waals surface area (Å²) >= 11 is 0.970. The van der Waals surface area contributed by atoms with Crippen LogP contribution >= 0.6 is 11.8 Å². The van der Waals surface area contributed by atoms with Crippen molar-refractivity contribution >= 4 is 27.7 Å². The zero-order valence-electron chi connectivity index (χ0n) is 17.3. The van der Waals surface area contributed by atoms with Crippen molar-refractivity contribution in [3.05, 3.63) is 54.2 Å². The molecule has 1 aromatic carbocycles. The maximum absolute atomic E-state index is 13.0. The van der Waals surface area contributed by atoms with Gasteiger partial charge in [0.15, 0.2) is 0 Å². The standard InChI is InChI=1S/C21H24F3N3O3S2/c22-21(23,24)16-26(14-17-7-3-1-4-8-17)20(28)15-31-19-10-9-18(13-25-19)32(29,30)27-11-5-2-6-12-27/h1,3-4,7-10,13H,2,5-6,11-12,14-16H2. The predicted octanol–water partition coefficient (Wildman–Crippen LogP) is 3.94. The lowest BCUT2D eigenvalue weighted by molar-refractivity contribution is -0.160. The molecule has 174 valence electrons. The van der Waals surface area contributed by atoms with Crippen LogP contribution in [0.15, 0.2) is 58.6 Å². The zero-order valence-corrected chi connectivity index (χ0v) is 18.9. The van der Waals surface area contributed by atoms with Gasteiger partial charge in [0.1, 0.15) is 11.4 Å². The van der Waals surface area contributed by atoms with Crippen molar-refractivity contribution < 1.29 is 26.4 Å². The van der Waals surface area contributed by atoms with Gasteiger partial charge in [-0.2, -0.15) is 17.5 Å². The smallest absolute Gasteiger partial charge is 0.329 e. The molecule has 1 saturated heterocycles. The van der Waals surface area contributed by atoms with E-state index < -0.39 is 28.7 Å². The number of aromatic nitrogens is 1. The van der Waals surface area contributed by atoms with E-state index in [1.54, 1.807) is 30.3 Å². The number of nitrogens with zero attached hydrogens (tertiary/aromatic N) is 3. The minimum absolute atomic E-state index is 0.0675. The maximum atomic E-state index is 13.0. The van der Waals surface area contributed by atoms with Crippen LogP contribution in [0.2, 0.25) is 0 Å². The number of halogens is 3. The molecule has 0 bridgehead atoms. The molecule has 32 heavy (non-hydrogen) atoms. The number of sulfonamides is 1. The highest BCUT2D eigenvalue weighted by atomic mass is 32.2. The Hall–Kier alpha value is -2.11. The highest BCUT2D eigenvalue weighted by Crippen LogP contribution is 2.24. The van der Waals surface area contributed by atoms with Crippen molar-refractivity contribution in [1.82, 2.24) is 14.2 Å². The molecule has 1 aliphatic heterocycles. The molecule has 0 radical (unpaired) electrons. The fourth-order valence-corrected chi connectivity index (χ4v) is 5.55. The second-order valence-corrected chi connectivity index (χ2v) is 10.4. The van der Waals surface area contributed by atoms with E-state index in [2.05, 4.69) is 4.98 Å². The van der Waals surface area contributed by atoms with Gasteiger partial charge in [0.25, 0.3) is 0 Å². The lowest BCUT2D eigenvalue weighted by atomic mass is 10.2. The number of amides is 1. The fraction of sp³-hybridized carbons (Fsp3) is 0.429. The van der Waals surface area contributed by atoms with Crippen molar-refractivity contribution in [2.75, 3.05) is 25.4 Å². The number of carbonyl (C=O) groups is 1. The fourth-order valence-electron chi connectivity index (χ4n) is 3.34. The highest BCUT2D eigenvalue weighted by Gasteiger charge is 2.33. The number of thioether (sulfide) groups is 1. The van der Waals surface area contributed by atoms with Gasteiger partial charge >= 0.3 is 6.18 Å². The van der Waals surface area contributed by atoms with E-state index in [4.69, 9.17) is 0 Å². The Morgan fingerprint density at radius 1 is 1.06 bits per heavy atom. The summed E-state index contributed by atoms with van der Waals surface area (Å²) in [6.45, 7) is -0.546. The van der Waals surface area contributed by atoms with Gasteiger partial charge in [0.05, 0.1) is 10.8 Å². The van der Waals surface area contributed by atoms with Gasteiger partial charge in [-0.05, 0) is 30.5 Å². The summed E-state index contributed by atoms with van der Waals surface area (Å²) in [5.41, 5.74) is 0.598. The topological polar surface area (TPSA) is 70.6 Å². The summed E-state index contributed by atoms with van der Waals surface area (Å²) in [6, 6.07) is 11.4. The molecule has 2 heterocycles. The Morgan fingerprint density at radius 3 is 2.34 bits per heavy atom. The summed E-state index contributed by atoms with van der Waals surface area (Å²) in [5, 5.41) is 0.364. The molecule has 3 rings (SSSR count). The second-order valence-electron chi connectivity index (χ2n) is 7.44. The highest BCUT2D eigenvalue weighted by molar-refractivity contribution is 7.99. The van der Waals surface area contributed by atoms with Crippen LogP contribution in [0.3, 0.4) is 0 Å². The van der Waals surface area contributed by atoms with Crippen LogP contribution in [0, 0.1) is 0 Å². The summed E-state index contributed by atoms with van der Waals surface area (Å²) in [6.07, 6.45) is -0.643. The molecule has 11 heteroatoms. The van der Waals surface area contributed by atoms with E-state index in [0.717, 1.165) is 35.9 Å². The molecule has 0 N–H and O–H groups in total. The number of pyridine rings is 1. The van der Waals surface area contributed by atoms with Crippen molar-refractivity contribution in [2.24, 2.45) is 0 Å². The lowest BCUT2D eigenvalue weighted by Gasteiger charge is -2.25. The third-order valence-corrected chi connectivity index (χ3v) is 7.76. The first kappa shape index (κ1) is 24.5. The first-order chi connectivity index (χ1) is 15.1. The van der Waals surface area contributed by atoms with Crippen LogP contribution in [0.4, 0.5) is 13.2 Å². The number of carbonyl (C=O) groups excluding carboxylic acids is 1. The first-order valence-electron chi connectivity index (χ1n) is 10.1. The van der Waals surface area contributed by atoms with Gasteiger partial charge in [-0.25, -0.2) is 13.4 Å². The van der Waals surface area contributed by atoms with Crippen LogP contribution in [0.25, 0.3) is 0 Å². The van der Waals surface area contributed by atoms with Crippen molar-refractivity contribution in [1.29, 1.82) is 0 Å². The molecule has 1 amide bonds. The number of benzene rings is 1. The number of hydrogen-bond acceptors (Lipinski definition) is 5. The quantitative estimate of drug-likeness (QED) is 0.528. The first-order valence-corrected chi connectivity index (χ1v) is 12.6. The summed E-state index contributed by atoms with van der Waals surface area (Å²) < 4.78 is 65.7. The van der Waals surface area contributed by atoms with Crippen LogP contribution in [0.1, 0.15) is 24.8 Å². The Balaban J connectivity index is 1.63. The van der Waals surface area contributed by atoms with E-state index in [9.17, 15) is 26.4 Å². The molecular weight excluding hydrogens is 463 g/mol. The Kier molecular flexibility index (Phi) is 8.18. The lowest BCUT2D eigenvalue weighted by Crippen LogP contribution is -2.39. The minimum Gasteiger partial charge on any atom is -0.329 e. The number of alkyl halides is 3. The van der Waals surface area contributed by atoms with Crippen molar-refractivity contribution in [3.8, 4) is 0 Å². The van der Waals surface area contributed by atoms with E-state index >= 15 is 0 Å². The largest absolute Gasteiger partial charge is 0.406 e. The van der Waals surface area contributed by atoms with Gasteiger partial charge in [-0.15, -0.1) is 0 Å². The molecule has 1 aromatic heterocycles. The summed E-state index contributed by atoms with van der Waals surface area (Å²) in [4.78, 5) is 17.4. The summed E-state index contributed by atoms with van der Waals surface area (Å²) in [7, 11) is -3.62. The second kappa shape index (κ2) is 10.7. The van der Waals surface area contributed by atoms with E-state index in [1.165, 1.54) is 22.6 Å². The van der Waals surface area contributed by atoms with Gasteiger partial charge < -0.3 is 4.90 Å². The van der Waals surface area contributed by atoms with E-state index in [0.29, 0.717) is 23.7 Å². The van der Waals surface area contributed by atoms with Crippen LogP contribution in [-0.4, -0.2) is 60.1 Å². The van der Waals surface area contributed by atoms with Crippen molar-refractivity contribution in [2.45, 2.75) is 41.9 Å². The van der Waals surface area contributed by atoms with Crippen molar-refractivity contribution in [3.63, 3.8) is 0 Å². The SMILES string of the molecule is O=C(CSc1ccc(S(=O)(=O)N2CCCCC2)cn1)N(Cc1ccccc1)CC(F)(F)F. The van der Waals surface area contributed by atoms with Gasteiger partial charge in [-0.1, -0.05) is 48.5 Å². The molecule has 0 aliphatic carbocycles. The van der Waals surface area contributed by atoms with Crippen LogP contribution in [-0.2, 0) is 21.4 Å². The molecule has 0 atom stereocenters. The number of rotatable bonds is 8. The zero-order chi connectivity index (χ0) is 23.2. The van der Waals surface area contributed by atoms with E-state index in [-0.39, 0.29) is 17.2 Å². The molecule has 2 aromatic rings. The monoisotopic (exact) mass is 487 g/mol. The Labute approximate surface area is 189 Å². The molecule has 1 aliphatic rings. The molecule has 6 nitrogen and oxygen atoms in total. The number of hydrogen-bond donors (Lipinski definition) is 0. The third-order valence-electron chi connectivity index (χ3n) is 4.94. The Morgan fingerprint density at radius 2 is 1.75 bits per heavy atom. The molecular formula is C21H24F3N3O3S2. The molecule has 0 unspecified atom stereocenters. The average molecular weight is 488 g/mol. The Bertz CT molecular complexity index is 994. The average Bonchev–Trinajstić information content (AvgIpc) is 2.78. The van der Waals surface area contributed by atoms with Crippen LogP contribution in [0.5, 0.6) is 0 Å². The molecule has 1 fully saturated rings. The summed E-state index contributed by atoms with van der Waals surface area (Å²) in [5.74, 6) is -0.920. The third kappa shape index (κ3) is 6.94. The predicted molar refractivity (Wildman–Crippen MR) is 115 cm³/mol. The molecule has 0 spiro atoms. The van der Waals surface area contributed by atoms with Gasteiger partial charge in [0, 0.05) is 25.8 Å². The maximum Gasteiger partial charge on any atom is 0.406 e. The number of piperidine rings is 1. The van der Waals surface area contributed by atoms with Gasteiger partial charge in [0.2, 0.25) is 15.9 Å². The van der Waals surface area contributed by atoms with E-state index in [1.807, 2.05) is 0 Å². The minimum atomic E-state index is -4.52. The normalized spacial score (nSPS) is 15.5.